The standard InChI is InChI=1S/C64H112NO8P/c1-6-8-10-12-14-16-18-20-22-24-25-26-27-28-29-30-31-32-33-34-35-36-37-38-39-41-42-44-46-48-50-52-54-56-63(66)70-60-62(61-72-74(68,69)71-59-58-65(3,4)5)73-64(67)57-55-53-51-49-47-45-43-40-23-21-19-17-15-13-11-9-7-2/h9,11,15,17-18,20-21,23-25,27-28,43,45,49,51,62H,6-8,10,12-14,16,19,22,26,29-42,44,46-48,50,52-61H2,1-5H3/b11-9-,17-15-,20-18-,23-21-,25-24-,28-27-,45-43-,51-49-. The monoisotopic (exact) mass is 1050 g/mol. The highest BCUT2D eigenvalue weighted by Crippen LogP contribution is 2.38. The molecule has 0 saturated carbocycles. The van der Waals surface area contributed by atoms with Crippen LogP contribution in [0.2, 0.25) is 0 Å². The minimum absolute atomic E-state index is 0.0451. The first kappa shape index (κ1) is 70.9. The molecule has 0 aliphatic rings. The third kappa shape index (κ3) is 58.2. The predicted molar refractivity (Wildman–Crippen MR) is 314 cm³/mol. The maximum absolute atomic E-state index is 12.7. The van der Waals surface area contributed by atoms with E-state index in [9.17, 15) is 19.0 Å². The minimum Gasteiger partial charge on any atom is -0.756 e. The number of ether oxygens (including phenoxy) is 2. The molecule has 0 aliphatic heterocycles. The van der Waals surface area contributed by atoms with Crippen LogP contribution in [0.5, 0.6) is 0 Å². The first-order chi connectivity index (χ1) is 36.0. The number of rotatable bonds is 54. The van der Waals surface area contributed by atoms with E-state index < -0.39 is 32.5 Å². The van der Waals surface area contributed by atoms with Crippen LogP contribution in [-0.4, -0.2) is 70.0 Å². The zero-order chi connectivity index (χ0) is 54.2. The van der Waals surface area contributed by atoms with E-state index in [4.69, 9.17) is 18.5 Å². The van der Waals surface area contributed by atoms with Crippen LogP contribution in [0.4, 0.5) is 0 Å². The van der Waals surface area contributed by atoms with Crippen LogP contribution in [-0.2, 0) is 32.7 Å². The number of carbonyl (C=O) groups excluding carboxylic acids is 2. The third-order valence-electron chi connectivity index (χ3n) is 12.6. The van der Waals surface area contributed by atoms with E-state index in [0.717, 1.165) is 64.2 Å². The summed E-state index contributed by atoms with van der Waals surface area (Å²) in [4.78, 5) is 37.8. The van der Waals surface area contributed by atoms with Crippen LogP contribution >= 0.6 is 7.82 Å². The fraction of sp³-hybridized carbons (Fsp3) is 0.719. The normalized spacial score (nSPS) is 14.0. The summed E-state index contributed by atoms with van der Waals surface area (Å²) in [6, 6.07) is 0. The molecule has 0 bridgehead atoms. The lowest BCUT2D eigenvalue weighted by Crippen LogP contribution is -2.37. The van der Waals surface area contributed by atoms with E-state index in [0.29, 0.717) is 23.9 Å². The number of likely N-dealkylation sites (N-methyl/N-ethyl adjacent to an activating group) is 1. The number of quaternary nitrogens is 1. The Kier molecular flexibility index (Phi) is 52.4. The number of esters is 2. The Labute approximate surface area is 455 Å². The van der Waals surface area contributed by atoms with Crippen molar-refractivity contribution in [3.63, 3.8) is 0 Å². The highest BCUT2D eigenvalue weighted by Gasteiger charge is 2.21. The van der Waals surface area contributed by atoms with Crippen molar-refractivity contribution in [1.29, 1.82) is 0 Å². The average Bonchev–Trinajstić information content (AvgIpc) is 3.36. The Bertz CT molecular complexity index is 1570. The summed E-state index contributed by atoms with van der Waals surface area (Å²) in [6.07, 6.45) is 74.8. The molecule has 0 aliphatic carbocycles. The molecule has 0 N–H and O–H groups in total. The van der Waals surface area contributed by atoms with Crippen molar-refractivity contribution in [2.45, 2.75) is 251 Å². The molecule has 74 heavy (non-hydrogen) atoms. The molecule has 2 unspecified atom stereocenters. The number of unbranched alkanes of at least 4 members (excludes halogenated alkanes) is 24. The van der Waals surface area contributed by atoms with Crippen LogP contribution in [0.15, 0.2) is 97.2 Å². The van der Waals surface area contributed by atoms with Gasteiger partial charge in [0, 0.05) is 12.8 Å². The minimum atomic E-state index is -4.65. The molecule has 0 aromatic rings. The SMILES string of the molecule is CC/C=C\C/C=C\C/C=C\C/C=C\C/C=C\CCCC(=O)OC(COC(=O)CCCCCCCCCCCCCCCCCCCC/C=C\C/C=C\C/C=C\CCCCCCC)COP(=O)([O-])OCC[N+](C)(C)C. The summed E-state index contributed by atoms with van der Waals surface area (Å²) in [5, 5.41) is 0. The molecule has 0 radical (unpaired) electrons. The molecule has 2 atom stereocenters. The summed E-state index contributed by atoms with van der Waals surface area (Å²) >= 11 is 0. The molecule has 0 amide bonds. The average molecular weight is 1050 g/mol. The highest BCUT2D eigenvalue weighted by atomic mass is 31.2. The number of nitrogens with zero attached hydrogens (tertiary/aromatic N) is 1. The summed E-state index contributed by atoms with van der Waals surface area (Å²) in [6.45, 7) is 4.05. The highest BCUT2D eigenvalue weighted by molar-refractivity contribution is 7.45. The quantitative estimate of drug-likeness (QED) is 0.0195. The smallest absolute Gasteiger partial charge is 0.306 e. The van der Waals surface area contributed by atoms with E-state index >= 15 is 0 Å². The number of phosphoric acid groups is 1. The molecule has 0 spiro atoms. The van der Waals surface area contributed by atoms with Gasteiger partial charge in [0.2, 0.25) is 0 Å². The Morgan fingerprint density at radius 3 is 1.19 bits per heavy atom. The van der Waals surface area contributed by atoms with E-state index in [1.54, 1.807) is 0 Å². The lowest BCUT2D eigenvalue weighted by atomic mass is 10.0. The Morgan fingerprint density at radius 1 is 0.432 bits per heavy atom. The number of phosphoric ester groups is 1. The molecule has 9 nitrogen and oxygen atoms in total. The third-order valence-corrected chi connectivity index (χ3v) is 13.6. The zero-order valence-corrected chi connectivity index (χ0v) is 49.2. The van der Waals surface area contributed by atoms with Crippen LogP contribution in [0, 0.1) is 0 Å². The van der Waals surface area contributed by atoms with Gasteiger partial charge in [-0.3, -0.25) is 14.2 Å². The summed E-state index contributed by atoms with van der Waals surface area (Å²) in [5.41, 5.74) is 0. The molecule has 0 fully saturated rings. The largest absolute Gasteiger partial charge is 0.756 e. The van der Waals surface area contributed by atoms with Crippen molar-refractivity contribution in [3.05, 3.63) is 97.2 Å². The van der Waals surface area contributed by atoms with Gasteiger partial charge in [-0.25, -0.2) is 0 Å². The first-order valence-corrected chi connectivity index (χ1v) is 31.4. The van der Waals surface area contributed by atoms with Crippen molar-refractivity contribution in [3.8, 4) is 0 Å². The maximum Gasteiger partial charge on any atom is 0.306 e. The molecule has 0 heterocycles. The van der Waals surface area contributed by atoms with E-state index in [1.807, 2.05) is 27.2 Å². The van der Waals surface area contributed by atoms with Crippen LogP contribution < -0.4 is 4.89 Å². The second-order valence-electron chi connectivity index (χ2n) is 21.0. The second-order valence-corrected chi connectivity index (χ2v) is 22.4. The molecule has 0 aromatic carbocycles. The van der Waals surface area contributed by atoms with Gasteiger partial charge in [-0.05, 0) is 89.9 Å². The molecular weight excluding hydrogens is 942 g/mol. The van der Waals surface area contributed by atoms with Gasteiger partial charge in [-0.1, -0.05) is 239 Å². The van der Waals surface area contributed by atoms with Crippen molar-refractivity contribution in [1.82, 2.24) is 0 Å². The van der Waals surface area contributed by atoms with Crippen molar-refractivity contribution in [2.75, 3.05) is 47.5 Å². The molecule has 0 aromatic heterocycles. The molecule has 0 rings (SSSR count). The molecule has 10 heteroatoms. The van der Waals surface area contributed by atoms with Gasteiger partial charge < -0.3 is 27.9 Å². The van der Waals surface area contributed by atoms with Crippen molar-refractivity contribution >= 4 is 19.8 Å². The lowest BCUT2D eigenvalue weighted by molar-refractivity contribution is -0.870. The zero-order valence-electron chi connectivity index (χ0n) is 48.3. The van der Waals surface area contributed by atoms with Gasteiger partial charge >= 0.3 is 11.9 Å². The molecular formula is C64H112NO8P. The first-order valence-electron chi connectivity index (χ1n) is 29.9. The lowest BCUT2D eigenvalue weighted by Gasteiger charge is -2.28. The number of allylic oxidation sites excluding steroid dienone is 16. The van der Waals surface area contributed by atoms with Gasteiger partial charge in [0.25, 0.3) is 7.82 Å². The van der Waals surface area contributed by atoms with E-state index in [-0.39, 0.29) is 26.1 Å². The van der Waals surface area contributed by atoms with Crippen LogP contribution in [0.1, 0.15) is 245 Å². The van der Waals surface area contributed by atoms with Gasteiger partial charge in [0.1, 0.15) is 19.8 Å². The van der Waals surface area contributed by atoms with Gasteiger partial charge in [0.05, 0.1) is 27.7 Å². The number of hydrogen-bond donors (Lipinski definition) is 0. The number of carbonyl (C=O) groups is 2. The fourth-order valence-corrected chi connectivity index (χ4v) is 8.72. The maximum atomic E-state index is 12.7. The summed E-state index contributed by atoms with van der Waals surface area (Å²) in [5.74, 6) is -0.902. The van der Waals surface area contributed by atoms with Crippen molar-refractivity contribution < 1.29 is 42.1 Å². The Morgan fingerprint density at radius 2 is 0.784 bits per heavy atom. The van der Waals surface area contributed by atoms with Crippen molar-refractivity contribution in [2.24, 2.45) is 0 Å². The Hall–Kier alpha value is -3.07. The van der Waals surface area contributed by atoms with E-state index in [1.165, 1.54) is 141 Å². The van der Waals surface area contributed by atoms with Gasteiger partial charge in [-0.2, -0.15) is 0 Å². The molecule has 0 saturated heterocycles. The van der Waals surface area contributed by atoms with E-state index in [2.05, 4.69) is 105 Å². The number of hydrogen-bond acceptors (Lipinski definition) is 8. The predicted octanol–water partition coefficient (Wildman–Crippen LogP) is 18.2. The van der Waals surface area contributed by atoms with Gasteiger partial charge in [0.15, 0.2) is 6.10 Å². The topological polar surface area (TPSA) is 111 Å². The summed E-state index contributed by atoms with van der Waals surface area (Å²) in [7, 11) is 1.12. The fourth-order valence-electron chi connectivity index (χ4n) is 7.99. The van der Waals surface area contributed by atoms with Crippen LogP contribution in [0.3, 0.4) is 0 Å². The molecule has 426 valence electrons. The Balaban J connectivity index is 4.09. The van der Waals surface area contributed by atoms with Crippen LogP contribution in [0.25, 0.3) is 0 Å². The van der Waals surface area contributed by atoms with Gasteiger partial charge in [-0.15, -0.1) is 0 Å². The summed E-state index contributed by atoms with van der Waals surface area (Å²) < 4.78 is 34.1. The second kappa shape index (κ2) is 54.7.